The molecule has 1 aromatic carbocycles. The summed E-state index contributed by atoms with van der Waals surface area (Å²) in [6, 6.07) is 2.91. The maximum absolute atomic E-state index is 12.7. The summed E-state index contributed by atoms with van der Waals surface area (Å²) < 4.78 is 61.5. The molecule has 0 aliphatic heterocycles. The van der Waals surface area contributed by atoms with Crippen LogP contribution in [-0.4, -0.2) is 0 Å². The first-order valence-electron chi connectivity index (χ1n) is 3.74. The lowest BCUT2D eigenvalue weighted by atomic mass is 10.1. The second kappa shape index (κ2) is 3.50. The van der Waals surface area contributed by atoms with E-state index in [1.165, 1.54) is 0 Å². The topological polar surface area (TPSA) is 23.8 Å². The lowest BCUT2D eigenvalue weighted by molar-refractivity contribution is -0.137. The summed E-state index contributed by atoms with van der Waals surface area (Å²) in [7, 11) is 0. The molecule has 0 aliphatic rings. The molecular weight excluding hydrogens is 217 g/mol. The molecule has 0 saturated carbocycles. The highest BCUT2D eigenvalue weighted by atomic mass is 19.4. The Morgan fingerprint density at radius 2 is 1.27 bits per heavy atom. The standard InChI is InChI=1S/C9H4F5N/c10-8(11,5-15)6-1-3-7(4-2-6)9(12,13)14/h1-4H. The van der Waals surface area contributed by atoms with Crippen molar-refractivity contribution in [2.75, 3.05) is 0 Å². The Bertz CT molecular complexity index is 384. The number of benzene rings is 1. The summed E-state index contributed by atoms with van der Waals surface area (Å²) >= 11 is 0. The summed E-state index contributed by atoms with van der Waals surface area (Å²) in [4.78, 5) is 0. The van der Waals surface area contributed by atoms with Gasteiger partial charge in [0.15, 0.2) is 0 Å². The van der Waals surface area contributed by atoms with E-state index in [0.717, 1.165) is 0 Å². The van der Waals surface area contributed by atoms with Crippen molar-refractivity contribution in [1.29, 1.82) is 5.26 Å². The molecule has 0 amide bonds. The molecule has 6 heteroatoms. The van der Waals surface area contributed by atoms with Crippen LogP contribution < -0.4 is 0 Å². The molecule has 80 valence electrons. The number of nitrogens with zero attached hydrogens (tertiary/aromatic N) is 1. The maximum atomic E-state index is 12.7. The quantitative estimate of drug-likeness (QED) is 0.667. The van der Waals surface area contributed by atoms with Gasteiger partial charge in [0, 0.05) is 5.56 Å². The second-order valence-electron chi connectivity index (χ2n) is 2.76. The van der Waals surface area contributed by atoms with Gasteiger partial charge in [-0.1, -0.05) is 12.1 Å². The van der Waals surface area contributed by atoms with Crippen LogP contribution in [0.4, 0.5) is 22.0 Å². The van der Waals surface area contributed by atoms with Crippen LogP contribution in [0.2, 0.25) is 0 Å². The fraction of sp³-hybridized carbons (Fsp3) is 0.222. The summed E-state index contributed by atoms with van der Waals surface area (Å²) in [5, 5.41) is 8.05. The first kappa shape index (κ1) is 11.4. The fourth-order valence-electron chi connectivity index (χ4n) is 0.933. The lowest BCUT2D eigenvalue weighted by Crippen LogP contribution is -2.11. The van der Waals surface area contributed by atoms with Gasteiger partial charge in [0.05, 0.1) is 5.56 Å². The second-order valence-corrected chi connectivity index (χ2v) is 2.76. The molecule has 0 spiro atoms. The predicted octanol–water partition coefficient (Wildman–Crippen LogP) is 3.32. The summed E-state index contributed by atoms with van der Waals surface area (Å²) in [5.74, 6) is -3.76. The zero-order valence-corrected chi connectivity index (χ0v) is 7.15. The molecular formula is C9H4F5N. The molecule has 0 saturated heterocycles. The van der Waals surface area contributed by atoms with Crippen LogP contribution >= 0.6 is 0 Å². The fourth-order valence-corrected chi connectivity index (χ4v) is 0.933. The maximum Gasteiger partial charge on any atom is 0.416 e. The number of hydrogen-bond donors (Lipinski definition) is 0. The molecule has 1 nitrogen and oxygen atoms in total. The van der Waals surface area contributed by atoms with Crippen LogP contribution in [0.5, 0.6) is 0 Å². The molecule has 15 heavy (non-hydrogen) atoms. The minimum atomic E-state index is -4.57. The summed E-state index contributed by atoms with van der Waals surface area (Å²) in [6.45, 7) is 0. The van der Waals surface area contributed by atoms with Crippen LogP contribution in [0.25, 0.3) is 0 Å². The van der Waals surface area contributed by atoms with E-state index >= 15 is 0 Å². The lowest BCUT2D eigenvalue weighted by Gasteiger charge is -2.10. The number of alkyl halides is 5. The molecule has 0 unspecified atom stereocenters. The molecule has 0 heterocycles. The predicted molar refractivity (Wildman–Crippen MR) is 41.0 cm³/mol. The Kier molecular flexibility index (Phi) is 2.67. The van der Waals surface area contributed by atoms with Gasteiger partial charge in [-0.05, 0) is 12.1 Å². The minimum absolute atomic E-state index is 0.514. The van der Waals surface area contributed by atoms with Crippen LogP contribution in [0, 0.1) is 11.3 Å². The van der Waals surface area contributed by atoms with Crippen molar-refractivity contribution in [2.45, 2.75) is 12.1 Å². The highest BCUT2D eigenvalue weighted by Crippen LogP contribution is 2.32. The van der Waals surface area contributed by atoms with E-state index in [9.17, 15) is 22.0 Å². The average molecular weight is 221 g/mol. The van der Waals surface area contributed by atoms with Crippen molar-refractivity contribution in [3.63, 3.8) is 0 Å². The third-order valence-corrected chi connectivity index (χ3v) is 1.72. The van der Waals surface area contributed by atoms with Gasteiger partial charge in [0.2, 0.25) is 0 Å². The van der Waals surface area contributed by atoms with Gasteiger partial charge in [0.25, 0.3) is 0 Å². The molecule has 0 fully saturated rings. The zero-order valence-electron chi connectivity index (χ0n) is 7.15. The molecule has 0 aromatic heterocycles. The molecule has 0 atom stereocenters. The molecule has 0 N–H and O–H groups in total. The zero-order chi connectivity index (χ0) is 11.7. The van der Waals surface area contributed by atoms with E-state index in [-0.39, 0.29) is 0 Å². The third-order valence-electron chi connectivity index (χ3n) is 1.72. The largest absolute Gasteiger partial charge is 0.416 e. The van der Waals surface area contributed by atoms with Crippen LogP contribution in [0.1, 0.15) is 11.1 Å². The molecule has 0 aliphatic carbocycles. The van der Waals surface area contributed by atoms with Crippen molar-refractivity contribution in [1.82, 2.24) is 0 Å². The van der Waals surface area contributed by atoms with E-state index in [1.807, 2.05) is 0 Å². The normalized spacial score (nSPS) is 12.3. The molecule has 0 bridgehead atoms. The number of hydrogen-bond acceptors (Lipinski definition) is 1. The van der Waals surface area contributed by atoms with Gasteiger partial charge in [-0.3, -0.25) is 0 Å². The van der Waals surface area contributed by atoms with Gasteiger partial charge in [-0.2, -0.15) is 27.2 Å². The summed E-state index contributed by atoms with van der Waals surface area (Å²) in [6.07, 6.45) is -4.57. The minimum Gasteiger partial charge on any atom is -0.191 e. The van der Waals surface area contributed by atoms with Gasteiger partial charge in [-0.25, -0.2) is 0 Å². The smallest absolute Gasteiger partial charge is 0.191 e. The van der Waals surface area contributed by atoms with Crippen molar-refractivity contribution in [3.8, 4) is 6.07 Å². The Hall–Kier alpha value is -1.64. The highest BCUT2D eigenvalue weighted by Gasteiger charge is 2.34. The van der Waals surface area contributed by atoms with E-state index in [2.05, 4.69) is 0 Å². The van der Waals surface area contributed by atoms with Crippen molar-refractivity contribution >= 4 is 0 Å². The van der Waals surface area contributed by atoms with E-state index in [4.69, 9.17) is 5.26 Å². The monoisotopic (exact) mass is 221 g/mol. The van der Waals surface area contributed by atoms with Crippen molar-refractivity contribution in [2.24, 2.45) is 0 Å². The Morgan fingerprint density at radius 3 is 1.60 bits per heavy atom. The Morgan fingerprint density at radius 1 is 0.867 bits per heavy atom. The first-order valence-corrected chi connectivity index (χ1v) is 3.74. The van der Waals surface area contributed by atoms with Gasteiger partial charge in [-0.15, -0.1) is 0 Å². The van der Waals surface area contributed by atoms with E-state index in [0.29, 0.717) is 30.3 Å². The van der Waals surface area contributed by atoms with Crippen LogP contribution in [0.15, 0.2) is 24.3 Å². The van der Waals surface area contributed by atoms with Crippen molar-refractivity contribution < 1.29 is 22.0 Å². The van der Waals surface area contributed by atoms with Crippen molar-refractivity contribution in [3.05, 3.63) is 35.4 Å². The first-order chi connectivity index (χ1) is 6.77. The van der Waals surface area contributed by atoms with Gasteiger partial charge in [0.1, 0.15) is 6.07 Å². The van der Waals surface area contributed by atoms with Gasteiger partial charge < -0.3 is 0 Å². The van der Waals surface area contributed by atoms with E-state index < -0.39 is 23.2 Å². The molecule has 1 rings (SSSR count). The Labute approximate surface area is 81.7 Å². The van der Waals surface area contributed by atoms with Crippen LogP contribution in [-0.2, 0) is 12.1 Å². The third kappa shape index (κ3) is 2.43. The molecule has 0 radical (unpaired) electrons. The number of halogens is 5. The van der Waals surface area contributed by atoms with Crippen LogP contribution in [0.3, 0.4) is 0 Å². The highest BCUT2D eigenvalue weighted by molar-refractivity contribution is 5.30. The molecule has 1 aromatic rings. The average Bonchev–Trinajstić information content (AvgIpc) is 2.17. The summed E-state index contributed by atoms with van der Waals surface area (Å²) in [5.41, 5.74) is -1.78. The Balaban J connectivity index is 3.08. The SMILES string of the molecule is N#CC(F)(F)c1ccc(C(F)(F)F)cc1. The number of nitriles is 1. The van der Waals surface area contributed by atoms with E-state index in [1.54, 1.807) is 0 Å². The van der Waals surface area contributed by atoms with Gasteiger partial charge >= 0.3 is 12.1 Å². The number of rotatable bonds is 1.